The number of halogens is 1. The van der Waals surface area contributed by atoms with Crippen LogP contribution in [-0.2, 0) is 14.3 Å². The zero-order valence-electron chi connectivity index (χ0n) is 17.1. The number of rotatable bonds is 11. The first kappa shape index (κ1) is 22.0. The molecule has 2 rings (SSSR count). The molecule has 1 aliphatic rings. The number of amides is 1. The van der Waals surface area contributed by atoms with Crippen LogP contribution in [0.2, 0.25) is 5.02 Å². The molecule has 0 bridgehead atoms. The summed E-state index contributed by atoms with van der Waals surface area (Å²) in [5.41, 5.74) is -0.392. The smallest absolute Gasteiger partial charge is 0.256 e. The molecule has 0 radical (unpaired) electrons. The molecule has 1 aliphatic carbocycles. The number of nitrogens with one attached hydrogen (secondary N) is 1. The molecule has 152 valence electrons. The third-order valence-corrected chi connectivity index (χ3v) is 5.41. The van der Waals surface area contributed by atoms with E-state index >= 15 is 0 Å². The average Bonchev–Trinajstić information content (AvgIpc) is 3.47. The Morgan fingerprint density at radius 1 is 1.26 bits per heavy atom. The maximum absolute atomic E-state index is 12.8. The molecule has 0 saturated heterocycles. The van der Waals surface area contributed by atoms with E-state index in [1.54, 1.807) is 25.3 Å². The number of hydrogen-bond donors (Lipinski definition) is 1. The summed E-state index contributed by atoms with van der Waals surface area (Å²) in [6, 6.07) is 5.29. The van der Waals surface area contributed by atoms with Crippen molar-refractivity contribution in [3.8, 4) is 5.75 Å². The minimum atomic E-state index is -0.788. The van der Waals surface area contributed by atoms with E-state index in [4.69, 9.17) is 25.8 Å². The largest absolute Gasteiger partial charge is 0.492 e. The molecule has 0 spiro atoms. The highest BCUT2D eigenvalue weighted by Gasteiger charge is 2.48. The number of anilines is 1. The lowest BCUT2D eigenvalue weighted by Crippen LogP contribution is -2.45. The Morgan fingerprint density at radius 2 is 1.96 bits per heavy atom. The summed E-state index contributed by atoms with van der Waals surface area (Å²) >= 11 is 6.33. The summed E-state index contributed by atoms with van der Waals surface area (Å²) < 4.78 is 17.0. The van der Waals surface area contributed by atoms with E-state index in [-0.39, 0.29) is 17.4 Å². The molecule has 5 nitrogen and oxygen atoms in total. The minimum Gasteiger partial charge on any atom is -0.492 e. The maximum atomic E-state index is 12.8. The van der Waals surface area contributed by atoms with Crippen molar-refractivity contribution in [3.63, 3.8) is 0 Å². The molecule has 1 aromatic carbocycles. The summed E-state index contributed by atoms with van der Waals surface area (Å²) in [5, 5.41) is 3.41. The highest BCUT2D eigenvalue weighted by atomic mass is 35.5. The van der Waals surface area contributed by atoms with Crippen molar-refractivity contribution in [3.05, 3.63) is 23.2 Å². The van der Waals surface area contributed by atoms with Crippen LogP contribution in [0.25, 0.3) is 0 Å². The van der Waals surface area contributed by atoms with E-state index in [0.29, 0.717) is 29.7 Å². The van der Waals surface area contributed by atoms with E-state index in [0.717, 1.165) is 25.7 Å². The van der Waals surface area contributed by atoms with Crippen LogP contribution in [0.3, 0.4) is 0 Å². The molecular formula is C21H32ClNO4. The van der Waals surface area contributed by atoms with Crippen molar-refractivity contribution in [2.24, 2.45) is 5.92 Å². The highest BCUT2D eigenvalue weighted by molar-refractivity contribution is 6.32. The number of hydrogen-bond acceptors (Lipinski definition) is 4. The van der Waals surface area contributed by atoms with Gasteiger partial charge in [0, 0.05) is 25.8 Å². The summed E-state index contributed by atoms with van der Waals surface area (Å²) in [4.78, 5) is 12.8. The van der Waals surface area contributed by atoms with Gasteiger partial charge in [-0.15, -0.1) is 0 Å². The first-order valence-corrected chi connectivity index (χ1v) is 10.0. The molecular weight excluding hydrogens is 366 g/mol. The van der Waals surface area contributed by atoms with Crippen LogP contribution in [0, 0.1) is 5.92 Å². The van der Waals surface area contributed by atoms with Crippen LogP contribution in [0.1, 0.15) is 53.4 Å². The molecule has 0 heterocycles. The number of carbonyl (C=O) groups is 1. The van der Waals surface area contributed by atoms with Crippen LogP contribution >= 0.6 is 11.6 Å². The van der Waals surface area contributed by atoms with Gasteiger partial charge in [-0.2, -0.15) is 0 Å². The molecule has 1 fully saturated rings. The van der Waals surface area contributed by atoms with Gasteiger partial charge in [0.2, 0.25) is 0 Å². The van der Waals surface area contributed by atoms with Crippen molar-refractivity contribution in [1.29, 1.82) is 0 Å². The van der Waals surface area contributed by atoms with Crippen molar-refractivity contribution < 1.29 is 19.0 Å². The molecule has 1 atom stereocenters. The third-order valence-electron chi connectivity index (χ3n) is 5.12. The summed E-state index contributed by atoms with van der Waals surface area (Å²) in [6.45, 7) is 9.01. The van der Waals surface area contributed by atoms with Crippen molar-refractivity contribution in [1.82, 2.24) is 0 Å². The Kier molecular flexibility index (Phi) is 7.55. The Morgan fingerprint density at radius 3 is 2.52 bits per heavy atom. The molecule has 0 aliphatic heterocycles. The topological polar surface area (TPSA) is 56.8 Å². The maximum Gasteiger partial charge on any atom is 0.256 e. The second kappa shape index (κ2) is 9.26. The Bertz CT molecular complexity index is 645. The molecule has 1 amide bonds. The summed E-state index contributed by atoms with van der Waals surface area (Å²) in [6.07, 6.45) is 3.68. The van der Waals surface area contributed by atoms with Crippen LogP contribution in [0.5, 0.6) is 5.75 Å². The second-order valence-corrected chi connectivity index (χ2v) is 8.30. The van der Waals surface area contributed by atoms with Gasteiger partial charge in [0.1, 0.15) is 11.4 Å². The zero-order chi connectivity index (χ0) is 20.1. The Balaban J connectivity index is 1.97. The second-order valence-electron chi connectivity index (χ2n) is 7.89. The van der Waals surface area contributed by atoms with Gasteiger partial charge in [-0.3, -0.25) is 4.79 Å². The van der Waals surface area contributed by atoms with Gasteiger partial charge in [-0.1, -0.05) is 18.5 Å². The molecule has 1 saturated carbocycles. The van der Waals surface area contributed by atoms with Gasteiger partial charge in [-0.05, 0) is 64.2 Å². The quantitative estimate of drug-likeness (QED) is 0.566. The SMILES string of the molecule is CCCO[C@](C)(C(=O)Nc1ccc(OCCC(C)(C)OC)c(Cl)c1)C1CC1. The standard InChI is InChI=1S/C21H32ClNO4/c1-6-12-27-21(4,15-7-8-15)19(24)23-16-9-10-18(17(22)14-16)26-13-11-20(2,3)25-5/h9-10,14-15H,6-8,11-13H2,1-5H3,(H,23,24)/t21-/m0/s1. The van der Waals surface area contributed by atoms with Gasteiger partial charge >= 0.3 is 0 Å². The van der Waals surface area contributed by atoms with Crippen LogP contribution in [0.15, 0.2) is 18.2 Å². The lowest BCUT2D eigenvalue weighted by Gasteiger charge is -2.28. The lowest BCUT2D eigenvalue weighted by molar-refractivity contribution is -0.142. The molecule has 1 N–H and O–H groups in total. The third kappa shape index (κ3) is 6.09. The molecule has 27 heavy (non-hydrogen) atoms. The van der Waals surface area contributed by atoms with E-state index in [1.807, 2.05) is 27.7 Å². The van der Waals surface area contributed by atoms with E-state index in [1.165, 1.54) is 0 Å². The van der Waals surface area contributed by atoms with E-state index in [2.05, 4.69) is 5.32 Å². The van der Waals surface area contributed by atoms with Crippen molar-refractivity contribution in [2.75, 3.05) is 25.6 Å². The van der Waals surface area contributed by atoms with Gasteiger partial charge in [-0.25, -0.2) is 0 Å². The molecule has 1 aromatic rings. The van der Waals surface area contributed by atoms with Gasteiger partial charge in [0.15, 0.2) is 0 Å². The normalized spacial score (nSPS) is 16.7. The van der Waals surface area contributed by atoms with Gasteiger partial charge < -0.3 is 19.5 Å². The predicted octanol–water partition coefficient (Wildman–Crippen LogP) is 5.07. The Labute approximate surface area is 167 Å². The van der Waals surface area contributed by atoms with Gasteiger partial charge in [0.05, 0.1) is 17.2 Å². The van der Waals surface area contributed by atoms with Crippen LogP contribution in [0.4, 0.5) is 5.69 Å². The molecule has 0 unspecified atom stereocenters. The van der Waals surface area contributed by atoms with Gasteiger partial charge in [0.25, 0.3) is 5.91 Å². The van der Waals surface area contributed by atoms with Crippen molar-refractivity contribution in [2.45, 2.75) is 64.6 Å². The van der Waals surface area contributed by atoms with Crippen molar-refractivity contribution >= 4 is 23.2 Å². The van der Waals surface area contributed by atoms with E-state index in [9.17, 15) is 4.79 Å². The fourth-order valence-electron chi connectivity index (χ4n) is 2.78. The summed E-state index contributed by atoms with van der Waals surface area (Å²) in [5.74, 6) is 0.755. The zero-order valence-corrected chi connectivity index (χ0v) is 17.8. The first-order chi connectivity index (χ1) is 12.7. The fraction of sp³-hybridized carbons (Fsp3) is 0.667. The Hall–Kier alpha value is -1.30. The number of ether oxygens (including phenoxy) is 3. The predicted molar refractivity (Wildman–Crippen MR) is 109 cm³/mol. The minimum absolute atomic E-state index is 0.120. The number of carbonyl (C=O) groups excluding carboxylic acids is 1. The molecule has 6 heteroatoms. The fourth-order valence-corrected chi connectivity index (χ4v) is 3.01. The lowest BCUT2D eigenvalue weighted by atomic mass is 9.98. The number of methoxy groups -OCH3 is 1. The average molecular weight is 398 g/mol. The van der Waals surface area contributed by atoms with Crippen LogP contribution in [-0.4, -0.2) is 37.4 Å². The first-order valence-electron chi connectivity index (χ1n) is 9.64. The monoisotopic (exact) mass is 397 g/mol. The summed E-state index contributed by atoms with van der Waals surface area (Å²) in [7, 11) is 1.68. The van der Waals surface area contributed by atoms with E-state index < -0.39 is 5.60 Å². The molecule has 0 aromatic heterocycles. The van der Waals surface area contributed by atoms with Crippen LogP contribution < -0.4 is 10.1 Å². The highest BCUT2D eigenvalue weighted by Crippen LogP contribution is 2.42. The number of benzene rings is 1.